The number of benzene rings is 2. The fourth-order valence-corrected chi connectivity index (χ4v) is 1.77. The molecule has 1 N–H and O–H groups in total. The molecule has 0 aliphatic heterocycles. The van der Waals surface area contributed by atoms with Crippen molar-refractivity contribution in [2.24, 2.45) is 0 Å². The van der Waals surface area contributed by atoms with Crippen LogP contribution in [0.1, 0.15) is 20.7 Å². The Morgan fingerprint density at radius 1 is 1.29 bits per heavy atom. The first-order valence-electron chi connectivity index (χ1n) is 4.96. The number of fused-ring (bicyclic) bond motifs is 1. The molecule has 17 heavy (non-hydrogen) atoms. The minimum atomic E-state index is -0.990. The molecule has 0 amide bonds. The van der Waals surface area contributed by atoms with E-state index >= 15 is 0 Å². The van der Waals surface area contributed by atoms with E-state index in [9.17, 15) is 9.59 Å². The molecule has 2 aromatic rings. The fourth-order valence-electron chi connectivity index (χ4n) is 1.77. The van der Waals surface area contributed by atoms with Gasteiger partial charge in [-0.1, -0.05) is 12.1 Å². The van der Waals surface area contributed by atoms with Crippen molar-refractivity contribution in [3.05, 3.63) is 41.5 Å². The summed E-state index contributed by atoms with van der Waals surface area (Å²) in [5.41, 5.74) is 0.626. The van der Waals surface area contributed by atoms with Crippen LogP contribution < -0.4 is 4.74 Å². The SMILES string of the molecule is COc1ccc2cc(C(=O)O)ccc2c1C=O. The number of hydrogen-bond donors (Lipinski definition) is 1. The Kier molecular flexibility index (Phi) is 2.78. The molecule has 2 aromatic carbocycles. The number of hydrogen-bond acceptors (Lipinski definition) is 3. The lowest BCUT2D eigenvalue weighted by molar-refractivity contribution is 0.0697. The van der Waals surface area contributed by atoms with E-state index in [1.807, 2.05) is 0 Å². The van der Waals surface area contributed by atoms with Gasteiger partial charge in [-0.2, -0.15) is 0 Å². The van der Waals surface area contributed by atoms with Crippen LogP contribution in [0.5, 0.6) is 5.75 Å². The van der Waals surface area contributed by atoms with Gasteiger partial charge in [0.05, 0.1) is 18.2 Å². The van der Waals surface area contributed by atoms with E-state index in [1.165, 1.54) is 19.2 Å². The maximum atomic E-state index is 11.0. The highest BCUT2D eigenvalue weighted by atomic mass is 16.5. The summed E-state index contributed by atoms with van der Waals surface area (Å²) in [4.78, 5) is 21.9. The summed E-state index contributed by atoms with van der Waals surface area (Å²) in [7, 11) is 1.49. The Bertz CT molecular complexity index is 602. The second-order valence-electron chi connectivity index (χ2n) is 3.54. The van der Waals surface area contributed by atoms with E-state index in [0.29, 0.717) is 28.4 Å². The van der Waals surface area contributed by atoms with Gasteiger partial charge in [-0.25, -0.2) is 4.79 Å². The lowest BCUT2D eigenvalue weighted by Crippen LogP contribution is -1.97. The molecule has 0 heterocycles. The highest BCUT2D eigenvalue weighted by Gasteiger charge is 2.09. The molecule has 0 aliphatic carbocycles. The van der Waals surface area contributed by atoms with Gasteiger partial charge in [-0.15, -0.1) is 0 Å². The van der Waals surface area contributed by atoms with E-state index in [0.717, 1.165) is 0 Å². The van der Waals surface area contributed by atoms with E-state index in [1.54, 1.807) is 18.2 Å². The molecule has 86 valence electrons. The Balaban J connectivity index is 2.75. The predicted octanol–water partition coefficient (Wildman–Crippen LogP) is 2.36. The van der Waals surface area contributed by atoms with Gasteiger partial charge < -0.3 is 9.84 Å². The van der Waals surface area contributed by atoms with Crippen LogP contribution in [0.3, 0.4) is 0 Å². The van der Waals surface area contributed by atoms with Gasteiger partial charge in [-0.05, 0) is 29.0 Å². The molecule has 0 spiro atoms. The number of carbonyl (C=O) groups is 2. The van der Waals surface area contributed by atoms with Gasteiger partial charge >= 0.3 is 5.97 Å². The summed E-state index contributed by atoms with van der Waals surface area (Å²) in [5, 5.41) is 10.3. The van der Waals surface area contributed by atoms with Crippen LogP contribution in [0.4, 0.5) is 0 Å². The zero-order chi connectivity index (χ0) is 12.4. The molecule has 0 bridgehead atoms. The third-order valence-corrected chi connectivity index (χ3v) is 2.61. The molecular formula is C13H10O4. The molecular weight excluding hydrogens is 220 g/mol. The number of aromatic carboxylic acids is 1. The fraction of sp³-hybridized carbons (Fsp3) is 0.0769. The van der Waals surface area contributed by atoms with Crippen LogP contribution in [0.15, 0.2) is 30.3 Å². The molecule has 4 nitrogen and oxygen atoms in total. The second kappa shape index (κ2) is 4.25. The molecule has 0 aliphatic rings. The number of carbonyl (C=O) groups excluding carboxylic acids is 1. The Morgan fingerprint density at radius 2 is 2.06 bits per heavy atom. The molecule has 0 saturated carbocycles. The van der Waals surface area contributed by atoms with Gasteiger partial charge in [-0.3, -0.25) is 4.79 Å². The van der Waals surface area contributed by atoms with Crippen molar-refractivity contribution in [3.8, 4) is 5.75 Å². The normalized spacial score (nSPS) is 10.2. The maximum absolute atomic E-state index is 11.0. The van der Waals surface area contributed by atoms with Crippen molar-refractivity contribution >= 4 is 23.0 Å². The number of methoxy groups -OCH3 is 1. The highest BCUT2D eigenvalue weighted by Crippen LogP contribution is 2.27. The molecule has 0 atom stereocenters. The highest BCUT2D eigenvalue weighted by molar-refractivity contribution is 6.03. The van der Waals surface area contributed by atoms with Gasteiger partial charge in [0.2, 0.25) is 0 Å². The minimum Gasteiger partial charge on any atom is -0.496 e. The summed E-state index contributed by atoms with van der Waals surface area (Å²) in [5.74, 6) is -0.508. The first-order chi connectivity index (χ1) is 8.17. The van der Waals surface area contributed by atoms with Gasteiger partial charge in [0.25, 0.3) is 0 Å². The molecule has 0 radical (unpaired) electrons. The van der Waals surface area contributed by atoms with Gasteiger partial charge in [0, 0.05) is 0 Å². The van der Waals surface area contributed by atoms with Crippen molar-refractivity contribution < 1.29 is 19.4 Å². The standard InChI is InChI=1S/C13H10O4/c1-17-12-5-3-8-6-9(13(15)16)2-4-10(8)11(12)7-14/h2-7H,1H3,(H,15,16). The van der Waals surface area contributed by atoms with Crippen molar-refractivity contribution in [2.45, 2.75) is 0 Å². The number of aldehydes is 1. The second-order valence-corrected chi connectivity index (χ2v) is 3.54. The molecule has 0 unspecified atom stereocenters. The third-order valence-electron chi connectivity index (χ3n) is 2.61. The summed E-state index contributed by atoms with van der Waals surface area (Å²) in [6.45, 7) is 0. The Hall–Kier alpha value is -2.36. The minimum absolute atomic E-state index is 0.194. The zero-order valence-electron chi connectivity index (χ0n) is 9.14. The summed E-state index contributed by atoms with van der Waals surface area (Å²) in [6, 6.07) is 8.00. The van der Waals surface area contributed by atoms with Crippen LogP contribution in [0.25, 0.3) is 10.8 Å². The van der Waals surface area contributed by atoms with Crippen molar-refractivity contribution in [2.75, 3.05) is 7.11 Å². The van der Waals surface area contributed by atoms with Gasteiger partial charge in [0.15, 0.2) is 6.29 Å². The smallest absolute Gasteiger partial charge is 0.335 e. The molecule has 0 saturated heterocycles. The van der Waals surface area contributed by atoms with Crippen molar-refractivity contribution in [3.63, 3.8) is 0 Å². The van der Waals surface area contributed by atoms with E-state index in [2.05, 4.69) is 0 Å². The summed E-state index contributed by atoms with van der Waals surface area (Å²) in [6.07, 6.45) is 0.710. The largest absolute Gasteiger partial charge is 0.496 e. The molecule has 2 rings (SSSR count). The first kappa shape index (κ1) is 11.1. The van der Waals surface area contributed by atoms with Crippen LogP contribution in [0.2, 0.25) is 0 Å². The van der Waals surface area contributed by atoms with Crippen molar-refractivity contribution in [1.82, 2.24) is 0 Å². The average Bonchev–Trinajstić information content (AvgIpc) is 2.36. The lowest BCUT2D eigenvalue weighted by Gasteiger charge is -2.07. The number of carboxylic acid groups (broad SMARTS) is 1. The molecule has 4 heteroatoms. The number of ether oxygens (including phenoxy) is 1. The quantitative estimate of drug-likeness (QED) is 0.822. The van der Waals surface area contributed by atoms with E-state index in [-0.39, 0.29) is 5.56 Å². The number of rotatable bonds is 3. The Labute approximate surface area is 97.4 Å². The van der Waals surface area contributed by atoms with Crippen molar-refractivity contribution in [1.29, 1.82) is 0 Å². The summed E-state index contributed by atoms with van der Waals surface area (Å²) < 4.78 is 5.07. The third kappa shape index (κ3) is 1.85. The maximum Gasteiger partial charge on any atom is 0.335 e. The molecule has 0 aromatic heterocycles. The monoisotopic (exact) mass is 230 g/mol. The van der Waals surface area contributed by atoms with E-state index in [4.69, 9.17) is 9.84 Å². The van der Waals surface area contributed by atoms with E-state index < -0.39 is 5.97 Å². The Morgan fingerprint density at radius 3 is 2.65 bits per heavy atom. The van der Waals surface area contributed by atoms with Crippen LogP contribution >= 0.6 is 0 Å². The first-order valence-corrected chi connectivity index (χ1v) is 4.96. The lowest BCUT2D eigenvalue weighted by atomic mass is 10.0. The zero-order valence-corrected chi connectivity index (χ0v) is 9.14. The average molecular weight is 230 g/mol. The van der Waals surface area contributed by atoms with Crippen LogP contribution in [0, 0.1) is 0 Å². The summed E-state index contributed by atoms with van der Waals surface area (Å²) >= 11 is 0. The van der Waals surface area contributed by atoms with Crippen LogP contribution in [-0.2, 0) is 0 Å². The van der Waals surface area contributed by atoms with Gasteiger partial charge in [0.1, 0.15) is 5.75 Å². The van der Waals surface area contributed by atoms with Crippen LogP contribution in [-0.4, -0.2) is 24.5 Å². The number of carboxylic acids is 1. The predicted molar refractivity (Wildman–Crippen MR) is 62.8 cm³/mol. The molecule has 0 fully saturated rings. The topological polar surface area (TPSA) is 63.6 Å².